The van der Waals surface area contributed by atoms with Crippen LogP contribution in [0.25, 0.3) is 0 Å². The van der Waals surface area contributed by atoms with Crippen molar-refractivity contribution >= 4 is 45.0 Å². The van der Waals surface area contributed by atoms with Gasteiger partial charge in [-0.25, -0.2) is 10.8 Å². The second-order valence-electron chi connectivity index (χ2n) is 3.17. The molecule has 0 bridgehead atoms. The molecule has 1 aromatic heterocycles. The summed E-state index contributed by atoms with van der Waals surface area (Å²) >= 11 is 9.15. The summed E-state index contributed by atoms with van der Waals surface area (Å²) in [5.74, 6) is 6.20. The molecule has 0 saturated carbocycles. The third-order valence-corrected chi connectivity index (χ3v) is 2.81. The van der Waals surface area contributed by atoms with Crippen LogP contribution in [-0.4, -0.2) is 9.97 Å². The number of hydrogen-bond donors (Lipinski definition) is 3. The fourth-order valence-corrected chi connectivity index (χ4v) is 1.61. The van der Waals surface area contributed by atoms with Crippen LogP contribution < -0.4 is 16.6 Å². The van der Waals surface area contributed by atoms with Crippen LogP contribution in [0.1, 0.15) is 0 Å². The number of hydrazine groups is 1. The first-order valence-corrected chi connectivity index (χ1v) is 5.88. The van der Waals surface area contributed by atoms with E-state index in [2.05, 4.69) is 36.6 Å². The van der Waals surface area contributed by atoms with Crippen LogP contribution in [-0.2, 0) is 0 Å². The van der Waals surface area contributed by atoms with Gasteiger partial charge in [0.25, 0.3) is 0 Å². The van der Waals surface area contributed by atoms with E-state index in [0.717, 1.165) is 10.2 Å². The molecule has 0 aliphatic rings. The summed E-state index contributed by atoms with van der Waals surface area (Å²) in [6.07, 6.45) is 1.61. The van der Waals surface area contributed by atoms with E-state index in [1.165, 1.54) is 0 Å². The van der Waals surface area contributed by atoms with Crippen molar-refractivity contribution in [2.45, 2.75) is 0 Å². The highest BCUT2D eigenvalue weighted by atomic mass is 79.9. The molecule has 2 rings (SSSR count). The Morgan fingerprint density at radius 1 is 1.24 bits per heavy atom. The number of nitrogen functional groups attached to an aromatic ring is 1. The van der Waals surface area contributed by atoms with Gasteiger partial charge in [0, 0.05) is 16.9 Å². The van der Waals surface area contributed by atoms with E-state index in [9.17, 15) is 0 Å². The summed E-state index contributed by atoms with van der Waals surface area (Å²) in [7, 11) is 0. The Morgan fingerprint density at radius 3 is 2.59 bits per heavy atom. The molecule has 5 nitrogen and oxygen atoms in total. The van der Waals surface area contributed by atoms with Crippen LogP contribution >= 0.6 is 27.5 Å². The van der Waals surface area contributed by atoms with Gasteiger partial charge in [-0.15, -0.1) is 0 Å². The van der Waals surface area contributed by atoms with Crippen LogP contribution in [0.15, 0.2) is 34.9 Å². The molecule has 1 aromatic carbocycles. The highest BCUT2D eigenvalue weighted by Gasteiger charge is 2.04. The molecule has 1 heterocycles. The highest BCUT2D eigenvalue weighted by Crippen LogP contribution is 2.24. The van der Waals surface area contributed by atoms with Crippen molar-refractivity contribution in [3.05, 3.63) is 40.0 Å². The zero-order valence-electron chi connectivity index (χ0n) is 8.61. The van der Waals surface area contributed by atoms with Gasteiger partial charge >= 0.3 is 0 Å². The van der Waals surface area contributed by atoms with E-state index < -0.39 is 0 Å². The number of nitrogens with zero attached hydrogens (tertiary/aromatic N) is 2. The van der Waals surface area contributed by atoms with Gasteiger partial charge in [0.1, 0.15) is 5.82 Å². The van der Waals surface area contributed by atoms with Crippen molar-refractivity contribution in [2.24, 2.45) is 5.84 Å². The number of hydrogen-bond acceptors (Lipinski definition) is 5. The summed E-state index contributed by atoms with van der Waals surface area (Å²) in [6.45, 7) is 0. The van der Waals surface area contributed by atoms with Crippen molar-refractivity contribution in [3.63, 3.8) is 0 Å². The standard InChI is InChI=1S/C10H9BrClN5/c11-8-5-14-10(17-13)16-9(8)15-7-3-1-6(12)2-4-7/h1-5H,13H2,(H2,14,15,16,17). The van der Waals surface area contributed by atoms with Crippen molar-refractivity contribution in [1.29, 1.82) is 0 Å². The number of aromatic nitrogens is 2. The minimum absolute atomic E-state index is 0.338. The molecule has 0 unspecified atom stereocenters. The summed E-state index contributed by atoms with van der Waals surface area (Å²) in [5, 5.41) is 3.80. The molecule has 2 aromatic rings. The van der Waals surface area contributed by atoms with Crippen LogP contribution in [0.2, 0.25) is 5.02 Å². The predicted octanol–water partition coefficient (Wildman–Crippen LogP) is 2.92. The smallest absolute Gasteiger partial charge is 0.239 e. The van der Waals surface area contributed by atoms with Gasteiger partial charge in [0.15, 0.2) is 0 Å². The van der Waals surface area contributed by atoms with Gasteiger partial charge in [-0.3, -0.25) is 5.43 Å². The van der Waals surface area contributed by atoms with Gasteiger partial charge in [-0.1, -0.05) is 11.6 Å². The van der Waals surface area contributed by atoms with E-state index in [1.807, 2.05) is 12.1 Å². The van der Waals surface area contributed by atoms with Crippen LogP contribution in [0.4, 0.5) is 17.5 Å². The fourth-order valence-electron chi connectivity index (χ4n) is 1.19. The van der Waals surface area contributed by atoms with Crippen molar-refractivity contribution in [1.82, 2.24) is 9.97 Å². The molecule has 0 saturated heterocycles. The van der Waals surface area contributed by atoms with E-state index >= 15 is 0 Å². The number of rotatable bonds is 3. The first-order valence-electron chi connectivity index (χ1n) is 4.71. The summed E-state index contributed by atoms with van der Waals surface area (Å²) in [4.78, 5) is 8.13. The van der Waals surface area contributed by atoms with Gasteiger partial charge in [0.05, 0.1) is 4.47 Å². The Morgan fingerprint density at radius 2 is 1.94 bits per heavy atom. The Labute approximate surface area is 112 Å². The maximum atomic E-state index is 5.80. The molecule has 0 aliphatic carbocycles. The lowest BCUT2D eigenvalue weighted by atomic mass is 10.3. The first-order chi connectivity index (χ1) is 8.19. The number of benzene rings is 1. The monoisotopic (exact) mass is 313 g/mol. The predicted molar refractivity (Wildman–Crippen MR) is 72.3 cm³/mol. The average Bonchev–Trinajstić information content (AvgIpc) is 2.35. The minimum Gasteiger partial charge on any atom is -0.339 e. The molecule has 0 amide bonds. The van der Waals surface area contributed by atoms with Crippen LogP contribution in [0.3, 0.4) is 0 Å². The topological polar surface area (TPSA) is 75.9 Å². The minimum atomic E-state index is 0.338. The molecular weight excluding hydrogens is 306 g/mol. The third kappa shape index (κ3) is 3.06. The number of anilines is 3. The maximum absolute atomic E-state index is 5.80. The van der Waals surface area contributed by atoms with Gasteiger partial charge in [-0.2, -0.15) is 4.98 Å². The number of halogens is 2. The van der Waals surface area contributed by atoms with Gasteiger partial charge in [-0.05, 0) is 40.2 Å². The Bertz CT molecular complexity index is 517. The largest absolute Gasteiger partial charge is 0.339 e. The second-order valence-corrected chi connectivity index (χ2v) is 4.46. The second kappa shape index (κ2) is 5.31. The maximum Gasteiger partial charge on any atom is 0.239 e. The molecule has 0 radical (unpaired) electrons. The fraction of sp³-hybridized carbons (Fsp3) is 0. The molecule has 4 N–H and O–H groups in total. The number of nitrogens with one attached hydrogen (secondary N) is 2. The van der Waals surface area contributed by atoms with E-state index in [4.69, 9.17) is 17.4 Å². The van der Waals surface area contributed by atoms with Crippen molar-refractivity contribution < 1.29 is 0 Å². The quantitative estimate of drug-likeness (QED) is 0.600. The molecule has 0 atom stereocenters. The zero-order chi connectivity index (χ0) is 12.3. The van der Waals surface area contributed by atoms with Crippen molar-refractivity contribution in [2.75, 3.05) is 10.7 Å². The van der Waals surface area contributed by atoms with Crippen molar-refractivity contribution in [3.8, 4) is 0 Å². The number of nitrogens with two attached hydrogens (primary N) is 1. The zero-order valence-corrected chi connectivity index (χ0v) is 11.0. The lowest BCUT2D eigenvalue weighted by Crippen LogP contribution is -2.11. The third-order valence-electron chi connectivity index (χ3n) is 1.98. The van der Waals surface area contributed by atoms with E-state index in [1.54, 1.807) is 18.3 Å². The summed E-state index contributed by atoms with van der Waals surface area (Å²) < 4.78 is 0.742. The lowest BCUT2D eigenvalue weighted by molar-refractivity contribution is 1.11. The average molecular weight is 315 g/mol. The van der Waals surface area contributed by atoms with Gasteiger partial charge < -0.3 is 5.32 Å². The molecule has 17 heavy (non-hydrogen) atoms. The molecular formula is C10H9BrClN5. The van der Waals surface area contributed by atoms with E-state index in [-0.39, 0.29) is 0 Å². The SMILES string of the molecule is NNc1ncc(Br)c(Nc2ccc(Cl)cc2)n1. The normalized spacial score (nSPS) is 10.1. The Kier molecular flexibility index (Phi) is 3.78. The highest BCUT2D eigenvalue weighted by molar-refractivity contribution is 9.10. The molecule has 0 spiro atoms. The first kappa shape index (κ1) is 12.1. The van der Waals surface area contributed by atoms with E-state index in [0.29, 0.717) is 16.8 Å². The Hall–Kier alpha value is -1.37. The lowest BCUT2D eigenvalue weighted by Gasteiger charge is -2.08. The molecule has 0 aliphatic heterocycles. The summed E-state index contributed by atoms with van der Waals surface area (Å²) in [5.41, 5.74) is 3.26. The van der Waals surface area contributed by atoms with Gasteiger partial charge in [0.2, 0.25) is 5.95 Å². The van der Waals surface area contributed by atoms with Crippen LogP contribution in [0, 0.1) is 0 Å². The molecule has 88 valence electrons. The van der Waals surface area contributed by atoms with Crippen LogP contribution in [0.5, 0.6) is 0 Å². The molecule has 0 fully saturated rings. The summed E-state index contributed by atoms with van der Waals surface area (Å²) in [6, 6.07) is 7.29. The molecule has 7 heteroatoms. The Balaban J connectivity index is 2.25.